The summed E-state index contributed by atoms with van der Waals surface area (Å²) >= 11 is 0. The fourth-order valence-electron chi connectivity index (χ4n) is 3.10. The molecule has 2 atom stereocenters. The maximum Gasteiger partial charge on any atom is 0.220 e. The summed E-state index contributed by atoms with van der Waals surface area (Å²) in [7, 11) is 1.89. The molecule has 1 aromatic carbocycles. The van der Waals surface area contributed by atoms with Gasteiger partial charge in [0.1, 0.15) is 5.82 Å². The first-order chi connectivity index (χ1) is 11.0. The number of piperidine rings is 1. The molecule has 0 radical (unpaired) electrons. The van der Waals surface area contributed by atoms with Gasteiger partial charge in [0.2, 0.25) is 5.91 Å². The second kappa shape index (κ2) is 6.50. The second-order valence-electron chi connectivity index (χ2n) is 6.01. The van der Waals surface area contributed by atoms with Crippen LogP contribution in [-0.4, -0.2) is 21.7 Å². The van der Waals surface area contributed by atoms with E-state index in [-0.39, 0.29) is 23.8 Å². The van der Waals surface area contributed by atoms with Crippen molar-refractivity contribution in [2.75, 3.05) is 0 Å². The first-order valence-electron chi connectivity index (χ1n) is 7.81. The fraction of sp³-hybridized carbons (Fsp3) is 0.412. The Hall–Kier alpha value is -2.21. The fourth-order valence-corrected chi connectivity index (χ4v) is 3.10. The highest BCUT2D eigenvalue weighted by Gasteiger charge is 2.31. The number of carbonyl (C=O) groups is 1. The highest BCUT2D eigenvalue weighted by molar-refractivity contribution is 5.77. The van der Waals surface area contributed by atoms with E-state index >= 15 is 0 Å². The van der Waals surface area contributed by atoms with Crippen LogP contribution in [0.4, 0.5) is 4.39 Å². The summed E-state index contributed by atoms with van der Waals surface area (Å²) in [5, 5.41) is 10.7. The van der Waals surface area contributed by atoms with Gasteiger partial charge < -0.3 is 10.6 Å². The Bertz CT molecular complexity index is 712. The lowest BCUT2D eigenvalue weighted by Gasteiger charge is -2.33. The van der Waals surface area contributed by atoms with Crippen LogP contribution in [0.15, 0.2) is 30.5 Å². The van der Waals surface area contributed by atoms with Crippen molar-refractivity contribution >= 4 is 5.91 Å². The molecule has 1 aliphatic heterocycles. The van der Waals surface area contributed by atoms with Gasteiger partial charge in [-0.3, -0.25) is 9.48 Å². The van der Waals surface area contributed by atoms with Crippen molar-refractivity contribution in [2.24, 2.45) is 7.05 Å². The number of nitrogens with zero attached hydrogens (tertiary/aromatic N) is 2. The zero-order valence-electron chi connectivity index (χ0n) is 13.3. The molecule has 0 spiro atoms. The smallest absolute Gasteiger partial charge is 0.220 e. The summed E-state index contributed by atoms with van der Waals surface area (Å²) in [6.07, 6.45) is 3.11. The number of aryl methyl sites for hydroxylation is 2. The number of carbonyl (C=O) groups excluding carboxylic acids is 1. The molecule has 1 amide bonds. The van der Waals surface area contributed by atoms with Crippen LogP contribution in [0.3, 0.4) is 0 Å². The van der Waals surface area contributed by atoms with Crippen LogP contribution in [-0.2, 0) is 18.4 Å². The van der Waals surface area contributed by atoms with Gasteiger partial charge in [0.25, 0.3) is 0 Å². The van der Waals surface area contributed by atoms with Crippen LogP contribution in [0.25, 0.3) is 0 Å². The predicted molar refractivity (Wildman–Crippen MR) is 85.1 cm³/mol. The quantitative estimate of drug-likeness (QED) is 0.907. The molecule has 0 bridgehead atoms. The Morgan fingerprint density at radius 2 is 2.22 bits per heavy atom. The van der Waals surface area contributed by atoms with E-state index in [9.17, 15) is 9.18 Å². The summed E-state index contributed by atoms with van der Waals surface area (Å²) < 4.78 is 15.9. The van der Waals surface area contributed by atoms with Crippen molar-refractivity contribution in [1.82, 2.24) is 20.4 Å². The Labute approximate surface area is 134 Å². The van der Waals surface area contributed by atoms with E-state index in [2.05, 4.69) is 15.7 Å². The summed E-state index contributed by atoms with van der Waals surface area (Å²) in [5.74, 6) is -0.321. The summed E-state index contributed by atoms with van der Waals surface area (Å²) in [4.78, 5) is 11.8. The molecular formula is C17H21FN4O. The molecule has 5 nitrogen and oxygen atoms in total. The lowest BCUT2D eigenvalue weighted by Crippen LogP contribution is -2.48. The first kappa shape index (κ1) is 15.7. The third-order valence-corrected chi connectivity index (χ3v) is 4.31. The van der Waals surface area contributed by atoms with Gasteiger partial charge in [0.15, 0.2) is 0 Å². The molecular weight excluding hydrogens is 295 g/mol. The number of hydrogen-bond donors (Lipinski definition) is 2. The van der Waals surface area contributed by atoms with E-state index in [1.807, 2.05) is 20.2 Å². The highest BCUT2D eigenvalue weighted by Crippen LogP contribution is 2.26. The van der Waals surface area contributed by atoms with Crippen LogP contribution in [0.1, 0.15) is 35.7 Å². The van der Waals surface area contributed by atoms with Crippen LogP contribution < -0.4 is 10.6 Å². The minimum atomic E-state index is -0.352. The summed E-state index contributed by atoms with van der Waals surface area (Å²) in [6.45, 7) is 2.61. The van der Waals surface area contributed by atoms with E-state index in [4.69, 9.17) is 0 Å². The average Bonchev–Trinajstić information content (AvgIpc) is 2.84. The third kappa shape index (κ3) is 3.42. The molecule has 6 heteroatoms. The van der Waals surface area contributed by atoms with Crippen molar-refractivity contribution in [3.8, 4) is 0 Å². The number of aromatic nitrogens is 2. The molecule has 2 N–H and O–H groups in total. The number of nitrogens with one attached hydrogen (secondary N) is 2. The Balaban J connectivity index is 1.77. The highest BCUT2D eigenvalue weighted by atomic mass is 19.1. The van der Waals surface area contributed by atoms with Gasteiger partial charge >= 0.3 is 0 Å². The minimum Gasteiger partial charge on any atom is -0.348 e. The summed E-state index contributed by atoms with van der Waals surface area (Å²) in [6, 6.07) is 6.25. The molecule has 2 heterocycles. The lowest BCUT2D eigenvalue weighted by atomic mass is 9.91. The van der Waals surface area contributed by atoms with Crippen molar-refractivity contribution in [1.29, 1.82) is 0 Å². The largest absolute Gasteiger partial charge is 0.348 e. The molecule has 1 aliphatic rings. The van der Waals surface area contributed by atoms with Crippen LogP contribution in [0.2, 0.25) is 0 Å². The molecule has 122 valence electrons. The van der Waals surface area contributed by atoms with E-state index in [0.717, 1.165) is 11.3 Å². The van der Waals surface area contributed by atoms with Gasteiger partial charge in [-0.2, -0.15) is 5.10 Å². The van der Waals surface area contributed by atoms with Crippen molar-refractivity contribution in [3.63, 3.8) is 0 Å². The van der Waals surface area contributed by atoms with E-state index in [0.29, 0.717) is 24.9 Å². The molecule has 23 heavy (non-hydrogen) atoms. The number of amides is 1. The topological polar surface area (TPSA) is 59.0 Å². The predicted octanol–water partition coefficient (Wildman–Crippen LogP) is 1.98. The molecule has 3 rings (SSSR count). The molecule has 1 aromatic heterocycles. The van der Waals surface area contributed by atoms with E-state index < -0.39 is 0 Å². The van der Waals surface area contributed by atoms with Gasteiger partial charge in [-0.25, -0.2) is 4.39 Å². The Kier molecular flexibility index (Phi) is 4.43. The molecule has 0 saturated carbocycles. The molecule has 0 aliphatic carbocycles. The number of hydrogen-bond acceptors (Lipinski definition) is 3. The minimum absolute atomic E-state index is 0.00999. The summed E-state index contributed by atoms with van der Waals surface area (Å²) in [5.41, 5.74) is 2.61. The monoisotopic (exact) mass is 316 g/mol. The first-order valence-corrected chi connectivity index (χ1v) is 7.81. The molecule has 0 unspecified atom stereocenters. The van der Waals surface area contributed by atoms with Crippen LogP contribution in [0.5, 0.6) is 0 Å². The molecule has 1 fully saturated rings. The van der Waals surface area contributed by atoms with Crippen molar-refractivity contribution < 1.29 is 9.18 Å². The van der Waals surface area contributed by atoms with Crippen LogP contribution in [0, 0.1) is 12.7 Å². The van der Waals surface area contributed by atoms with Gasteiger partial charge in [0.05, 0.1) is 11.7 Å². The zero-order chi connectivity index (χ0) is 16.4. The Morgan fingerprint density at radius 3 is 2.91 bits per heavy atom. The van der Waals surface area contributed by atoms with Gasteiger partial charge in [0, 0.05) is 43.4 Å². The number of benzene rings is 1. The van der Waals surface area contributed by atoms with Crippen molar-refractivity contribution in [2.45, 2.75) is 38.4 Å². The van der Waals surface area contributed by atoms with Crippen LogP contribution >= 0.6 is 0 Å². The maximum absolute atomic E-state index is 14.1. The standard InChI is InChI=1S/C17H21FN4O/c1-11-12(10-22(2)21-11)9-19-15-7-8-16(23)20-17(15)13-5-3-4-6-14(13)18/h3-6,10,15,17,19H,7-9H2,1-2H3,(H,20,23)/t15-,17+/m1/s1. The molecule has 2 aromatic rings. The third-order valence-electron chi connectivity index (χ3n) is 4.31. The Morgan fingerprint density at radius 1 is 1.43 bits per heavy atom. The lowest BCUT2D eigenvalue weighted by molar-refractivity contribution is -0.123. The van der Waals surface area contributed by atoms with Gasteiger partial charge in [-0.05, 0) is 19.4 Å². The SMILES string of the molecule is Cc1nn(C)cc1CN[C@@H]1CCC(=O)N[C@H]1c1ccccc1F. The zero-order valence-corrected chi connectivity index (χ0v) is 13.3. The average molecular weight is 316 g/mol. The van der Waals surface area contributed by atoms with Gasteiger partial charge in [-0.1, -0.05) is 18.2 Å². The molecule has 1 saturated heterocycles. The van der Waals surface area contributed by atoms with E-state index in [1.165, 1.54) is 6.07 Å². The van der Waals surface area contributed by atoms with Gasteiger partial charge in [-0.15, -0.1) is 0 Å². The normalized spacial score (nSPS) is 21.3. The van der Waals surface area contributed by atoms with Crippen molar-refractivity contribution in [3.05, 3.63) is 53.1 Å². The van der Waals surface area contributed by atoms with E-state index in [1.54, 1.807) is 22.9 Å². The maximum atomic E-state index is 14.1. The second-order valence-corrected chi connectivity index (χ2v) is 6.01. The number of halogens is 1. The number of rotatable bonds is 4.